The van der Waals surface area contributed by atoms with E-state index in [0.29, 0.717) is 5.92 Å². The number of rotatable bonds is 5. The fourth-order valence-corrected chi connectivity index (χ4v) is 2.62. The summed E-state index contributed by atoms with van der Waals surface area (Å²) in [6.45, 7) is 12.5. The minimum absolute atomic E-state index is 0.0397. The largest absolute Gasteiger partial charge is 0.357 e. The van der Waals surface area contributed by atoms with Gasteiger partial charge in [0.15, 0.2) is 5.96 Å². The van der Waals surface area contributed by atoms with Gasteiger partial charge < -0.3 is 10.6 Å². The molecule has 0 amide bonds. The van der Waals surface area contributed by atoms with E-state index in [4.69, 9.17) is 0 Å². The first-order valence-electron chi connectivity index (χ1n) is 6.99. The summed E-state index contributed by atoms with van der Waals surface area (Å²) < 4.78 is 0. The van der Waals surface area contributed by atoms with Crippen molar-refractivity contribution in [1.82, 2.24) is 10.6 Å². The standard InChI is InChI=1S/C15H27N3S/c1-6-16-14(18-15(3,4)5)17-11-12(2)10-13-8-7-9-19-13/h7-9,12H,6,10-11H2,1-5H3,(H2,16,17,18). The van der Waals surface area contributed by atoms with E-state index in [1.54, 1.807) is 0 Å². The van der Waals surface area contributed by atoms with Crippen LogP contribution >= 0.6 is 11.3 Å². The van der Waals surface area contributed by atoms with Gasteiger partial charge in [0.25, 0.3) is 0 Å². The van der Waals surface area contributed by atoms with Crippen molar-refractivity contribution in [1.29, 1.82) is 0 Å². The van der Waals surface area contributed by atoms with Crippen molar-refractivity contribution in [2.24, 2.45) is 10.9 Å². The van der Waals surface area contributed by atoms with Gasteiger partial charge >= 0.3 is 0 Å². The second kappa shape index (κ2) is 7.53. The molecular formula is C15H27N3S. The molecule has 1 aromatic rings. The summed E-state index contributed by atoms with van der Waals surface area (Å²) in [5, 5.41) is 8.84. The maximum absolute atomic E-state index is 4.68. The highest BCUT2D eigenvalue weighted by atomic mass is 32.1. The van der Waals surface area contributed by atoms with Crippen LogP contribution in [0, 0.1) is 5.92 Å². The molecule has 0 fully saturated rings. The van der Waals surface area contributed by atoms with Gasteiger partial charge in [-0.3, -0.25) is 4.99 Å². The van der Waals surface area contributed by atoms with Crippen LogP contribution in [0.3, 0.4) is 0 Å². The first-order valence-corrected chi connectivity index (χ1v) is 7.87. The maximum atomic E-state index is 4.68. The summed E-state index contributed by atoms with van der Waals surface area (Å²) in [6.07, 6.45) is 1.11. The Bertz CT molecular complexity index is 377. The van der Waals surface area contributed by atoms with Gasteiger partial charge in [0, 0.05) is 23.5 Å². The van der Waals surface area contributed by atoms with Crippen LogP contribution in [0.1, 0.15) is 39.5 Å². The molecule has 4 heteroatoms. The molecule has 1 unspecified atom stereocenters. The van der Waals surface area contributed by atoms with Gasteiger partial charge in [-0.2, -0.15) is 0 Å². The average molecular weight is 281 g/mol. The van der Waals surface area contributed by atoms with Gasteiger partial charge in [-0.1, -0.05) is 13.0 Å². The second-order valence-corrected chi connectivity index (χ2v) is 7.02. The SMILES string of the molecule is CCNC(=NCC(C)Cc1cccs1)NC(C)(C)C. The van der Waals surface area contributed by atoms with Crippen molar-refractivity contribution in [3.63, 3.8) is 0 Å². The quantitative estimate of drug-likeness (QED) is 0.642. The molecule has 3 nitrogen and oxygen atoms in total. The number of hydrogen-bond acceptors (Lipinski definition) is 2. The van der Waals surface area contributed by atoms with Gasteiger partial charge in [-0.05, 0) is 51.5 Å². The van der Waals surface area contributed by atoms with E-state index in [1.165, 1.54) is 4.88 Å². The van der Waals surface area contributed by atoms with Crippen LogP contribution in [-0.2, 0) is 6.42 Å². The normalized spacial score (nSPS) is 14.3. The molecule has 0 saturated heterocycles. The Kier molecular flexibility index (Phi) is 6.35. The van der Waals surface area contributed by atoms with Crippen LogP contribution in [0.25, 0.3) is 0 Å². The Morgan fingerprint density at radius 1 is 1.42 bits per heavy atom. The monoisotopic (exact) mass is 281 g/mol. The molecule has 2 N–H and O–H groups in total. The zero-order valence-corrected chi connectivity index (χ0v) is 13.6. The first kappa shape index (κ1) is 16.0. The molecule has 0 aliphatic rings. The lowest BCUT2D eigenvalue weighted by Gasteiger charge is -2.24. The zero-order chi connectivity index (χ0) is 14.3. The zero-order valence-electron chi connectivity index (χ0n) is 12.8. The van der Waals surface area contributed by atoms with Crippen molar-refractivity contribution in [3.8, 4) is 0 Å². The van der Waals surface area contributed by atoms with Crippen molar-refractivity contribution in [2.45, 2.75) is 46.6 Å². The Morgan fingerprint density at radius 3 is 2.68 bits per heavy atom. The van der Waals surface area contributed by atoms with Crippen molar-refractivity contribution in [2.75, 3.05) is 13.1 Å². The van der Waals surface area contributed by atoms with Gasteiger partial charge in [0.1, 0.15) is 0 Å². The molecule has 0 spiro atoms. The summed E-state index contributed by atoms with van der Waals surface area (Å²) >= 11 is 1.83. The fraction of sp³-hybridized carbons (Fsp3) is 0.667. The molecular weight excluding hydrogens is 254 g/mol. The summed E-state index contributed by atoms with van der Waals surface area (Å²) in [5.74, 6) is 1.47. The Labute approximate surface area is 121 Å². The van der Waals surface area contributed by atoms with E-state index in [1.807, 2.05) is 11.3 Å². The molecule has 0 bridgehead atoms. The van der Waals surface area contributed by atoms with E-state index in [-0.39, 0.29) is 5.54 Å². The highest BCUT2D eigenvalue weighted by Gasteiger charge is 2.12. The summed E-state index contributed by atoms with van der Waals surface area (Å²) in [6, 6.07) is 4.31. The predicted octanol–water partition coefficient (Wildman–Crippen LogP) is 3.28. The van der Waals surface area contributed by atoms with E-state index in [9.17, 15) is 0 Å². The Hall–Kier alpha value is -1.03. The minimum atomic E-state index is 0.0397. The van der Waals surface area contributed by atoms with E-state index in [0.717, 1.165) is 25.5 Å². The molecule has 0 radical (unpaired) electrons. The molecule has 1 aromatic heterocycles. The van der Waals surface area contributed by atoms with Gasteiger partial charge in [0.05, 0.1) is 0 Å². The van der Waals surface area contributed by atoms with Crippen molar-refractivity contribution in [3.05, 3.63) is 22.4 Å². The lowest BCUT2D eigenvalue weighted by atomic mass is 10.1. The number of aliphatic imine (C=N–C) groups is 1. The van der Waals surface area contributed by atoms with E-state index in [2.05, 4.69) is 67.8 Å². The van der Waals surface area contributed by atoms with Crippen molar-refractivity contribution < 1.29 is 0 Å². The highest BCUT2D eigenvalue weighted by molar-refractivity contribution is 7.09. The summed E-state index contributed by atoms with van der Waals surface area (Å²) in [7, 11) is 0. The predicted molar refractivity (Wildman–Crippen MR) is 86.1 cm³/mol. The molecule has 1 rings (SSSR count). The van der Waals surface area contributed by atoms with Crippen LogP contribution in [0.4, 0.5) is 0 Å². The first-order chi connectivity index (χ1) is 8.90. The molecule has 0 aliphatic heterocycles. The molecule has 1 heterocycles. The van der Waals surface area contributed by atoms with Gasteiger partial charge in [-0.25, -0.2) is 0 Å². The second-order valence-electron chi connectivity index (χ2n) is 5.98. The molecule has 1 atom stereocenters. The summed E-state index contributed by atoms with van der Waals surface area (Å²) in [4.78, 5) is 6.12. The fourth-order valence-electron chi connectivity index (χ4n) is 1.75. The lowest BCUT2D eigenvalue weighted by Crippen LogP contribution is -2.47. The maximum Gasteiger partial charge on any atom is 0.191 e. The van der Waals surface area contributed by atoms with E-state index < -0.39 is 0 Å². The lowest BCUT2D eigenvalue weighted by molar-refractivity contribution is 0.498. The molecule has 0 aliphatic carbocycles. The van der Waals surface area contributed by atoms with Crippen LogP contribution in [-0.4, -0.2) is 24.6 Å². The molecule has 19 heavy (non-hydrogen) atoms. The smallest absolute Gasteiger partial charge is 0.191 e. The summed E-state index contributed by atoms with van der Waals surface area (Å²) in [5.41, 5.74) is 0.0397. The number of nitrogens with one attached hydrogen (secondary N) is 2. The Morgan fingerprint density at radius 2 is 2.16 bits per heavy atom. The average Bonchev–Trinajstić information content (AvgIpc) is 2.77. The third kappa shape index (κ3) is 7.21. The number of hydrogen-bond donors (Lipinski definition) is 2. The third-order valence-electron chi connectivity index (χ3n) is 2.53. The van der Waals surface area contributed by atoms with Crippen LogP contribution in [0.5, 0.6) is 0 Å². The minimum Gasteiger partial charge on any atom is -0.357 e. The van der Waals surface area contributed by atoms with Gasteiger partial charge in [0.2, 0.25) is 0 Å². The topological polar surface area (TPSA) is 36.4 Å². The third-order valence-corrected chi connectivity index (χ3v) is 3.43. The molecule has 0 aromatic carbocycles. The highest BCUT2D eigenvalue weighted by Crippen LogP contribution is 2.14. The van der Waals surface area contributed by atoms with Crippen LogP contribution in [0.2, 0.25) is 0 Å². The number of guanidine groups is 1. The van der Waals surface area contributed by atoms with Crippen LogP contribution in [0.15, 0.2) is 22.5 Å². The molecule has 0 saturated carbocycles. The van der Waals surface area contributed by atoms with Crippen LogP contribution < -0.4 is 10.6 Å². The molecule has 108 valence electrons. The number of nitrogens with zero attached hydrogens (tertiary/aromatic N) is 1. The van der Waals surface area contributed by atoms with Crippen molar-refractivity contribution >= 4 is 17.3 Å². The van der Waals surface area contributed by atoms with Gasteiger partial charge in [-0.15, -0.1) is 11.3 Å². The number of thiophene rings is 1. The Balaban J connectivity index is 2.49. The van der Waals surface area contributed by atoms with E-state index >= 15 is 0 Å².